The summed E-state index contributed by atoms with van der Waals surface area (Å²) in [7, 11) is 1.80. The molecule has 2 unspecified atom stereocenters. The minimum absolute atomic E-state index is 0.0254. The lowest BCUT2D eigenvalue weighted by molar-refractivity contribution is -0.148. The highest BCUT2D eigenvalue weighted by atomic mass is 16.2. The summed E-state index contributed by atoms with van der Waals surface area (Å²) in [5.74, 6) is 0.147. The average molecular weight is 531 g/mol. The van der Waals surface area contributed by atoms with Gasteiger partial charge in [0, 0.05) is 38.4 Å². The average Bonchev–Trinajstić information content (AvgIpc) is 3.18. The molecule has 0 saturated carbocycles. The van der Waals surface area contributed by atoms with Crippen LogP contribution in [-0.4, -0.2) is 72.8 Å². The largest absolute Gasteiger partial charge is 0.341 e. The van der Waals surface area contributed by atoms with Gasteiger partial charge in [0.1, 0.15) is 6.04 Å². The fourth-order valence-electron chi connectivity index (χ4n) is 6.59. The van der Waals surface area contributed by atoms with Crippen molar-refractivity contribution in [2.45, 2.75) is 69.9 Å². The van der Waals surface area contributed by atoms with Crippen molar-refractivity contribution in [1.29, 1.82) is 0 Å². The lowest BCUT2D eigenvalue weighted by atomic mass is 9.86. The molecule has 3 aliphatic rings. The molecule has 2 atom stereocenters. The number of carbonyl (C=O) groups is 3. The molecule has 2 aromatic carbocycles. The van der Waals surface area contributed by atoms with Crippen LogP contribution in [0.15, 0.2) is 54.6 Å². The first-order chi connectivity index (χ1) is 18.8. The van der Waals surface area contributed by atoms with E-state index in [-0.39, 0.29) is 29.7 Å². The summed E-state index contributed by atoms with van der Waals surface area (Å²) in [4.78, 5) is 46.5. The normalized spacial score (nSPS) is 21.9. The van der Waals surface area contributed by atoms with E-state index in [0.29, 0.717) is 26.1 Å². The van der Waals surface area contributed by atoms with Gasteiger partial charge in [0.15, 0.2) is 0 Å². The van der Waals surface area contributed by atoms with Gasteiger partial charge in [0.25, 0.3) is 0 Å². The molecule has 5 rings (SSSR count). The Bertz CT molecular complexity index is 1180. The molecule has 7 heteroatoms. The van der Waals surface area contributed by atoms with Crippen LogP contribution in [0.1, 0.15) is 57.1 Å². The van der Waals surface area contributed by atoms with Crippen molar-refractivity contribution in [1.82, 2.24) is 15.1 Å². The van der Waals surface area contributed by atoms with Gasteiger partial charge in [-0.25, -0.2) is 0 Å². The SMILES string of the molecule is CN(C(=O)C1CCCNC1)C(CCc1ccccc1)C(=O)N1CCC(N2C(=O)C(C)(C)c3ccccc32)CC1. The Morgan fingerprint density at radius 1 is 1.03 bits per heavy atom. The molecule has 208 valence electrons. The number of hydrogen-bond acceptors (Lipinski definition) is 4. The van der Waals surface area contributed by atoms with Gasteiger partial charge in [0.05, 0.1) is 11.3 Å². The van der Waals surface area contributed by atoms with Gasteiger partial charge in [0.2, 0.25) is 17.7 Å². The minimum Gasteiger partial charge on any atom is -0.341 e. The van der Waals surface area contributed by atoms with E-state index in [1.165, 1.54) is 5.56 Å². The summed E-state index contributed by atoms with van der Waals surface area (Å²) < 4.78 is 0. The number of aryl methyl sites for hydroxylation is 1. The van der Waals surface area contributed by atoms with Crippen molar-refractivity contribution in [3.8, 4) is 0 Å². The Hall–Kier alpha value is -3.19. The molecule has 1 N–H and O–H groups in total. The Morgan fingerprint density at radius 2 is 1.72 bits per heavy atom. The predicted octanol–water partition coefficient (Wildman–Crippen LogP) is 3.76. The number of carbonyl (C=O) groups excluding carboxylic acids is 3. The van der Waals surface area contributed by atoms with Crippen LogP contribution < -0.4 is 10.2 Å². The van der Waals surface area contributed by atoms with Crippen LogP contribution in [0.5, 0.6) is 0 Å². The van der Waals surface area contributed by atoms with E-state index >= 15 is 0 Å². The maximum absolute atomic E-state index is 14.0. The molecule has 0 aliphatic carbocycles. The number of likely N-dealkylation sites (tertiary alicyclic amines) is 1. The zero-order valence-corrected chi connectivity index (χ0v) is 23.6. The van der Waals surface area contributed by atoms with Gasteiger partial charge < -0.3 is 20.0 Å². The maximum Gasteiger partial charge on any atom is 0.245 e. The Balaban J connectivity index is 1.28. The standard InChI is InChI=1S/C32H42N4O3/c1-32(2)26-13-7-8-14-27(26)36(31(32)39)25-17-20-35(21-18-25)30(38)28(16-15-23-10-5-4-6-11-23)34(3)29(37)24-12-9-19-33-22-24/h4-8,10-11,13-14,24-25,28,33H,9,12,15-22H2,1-3H3. The summed E-state index contributed by atoms with van der Waals surface area (Å²) >= 11 is 0. The van der Waals surface area contributed by atoms with Crippen LogP contribution in [0.4, 0.5) is 5.69 Å². The van der Waals surface area contributed by atoms with E-state index in [9.17, 15) is 14.4 Å². The number of benzene rings is 2. The van der Waals surface area contributed by atoms with E-state index in [1.54, 1.807) is 11.9 Å². The number of amides is 3. The van der Waals surface area contributed by atoms with Gasteiger partial charge in [-0.05, 0) is 76.1 Å². The molecule has 0 radical (unpaired) electrons. The zero-order valence-electron chi connectivity index (χ0n) is 23.6. The molecular formula is C32H42N4O3. The molecule has 7 nitrogen and oxygen atoms in total. The number of piperidine rings is 2. The highest BCUT2D eigenvalue weighted by Crippen LogP contribution is 2.43. The number of nitrogens with one attached hydrogen (secondary N) is 1. The fourth-order valence-corrected chi connectivity index (χ4v) is 6.59. The van der Waals surface area contributed by atoms with E-state index in [4.69, 9.17) is 0 Å². The Labute approximate surface area is 232 Å². The molecule has 3 aliphatic heterocycles. The fraction of sp³-hybridized carbons (Fsp3) is 0.531. The number of para-hydroxylation sites is 1. The summed E-state index contributed by atoms with van der Waals surface area (Å²) in [6.07, 6.45) is 4.65. The summed E-state index contributed by atoms with van der Waals surface area (Å²) in [6.45, 7) is 6.79. The third kappa shape index (κ3) is 5.46. The molecular weight excluding hydrogens is 488 g/mol. The predicted molar refractivity (Wildman–Crippen MR) is 153 cm³/mol. The molecule has 2 aromatic rings. The molecule has 3 amide bonds. The monoisotopic (exact) mass is 530 g/mol. The van der Waals surface area contributed by atoms with Crippen molar-refractivity contribution in [2.75, 3.05) is 38.1 Å². The number of likely N-dealkylation sites (N-methyl/N-ethyl adjacent to an activating group) is 1. The molecule has 0 spiro atoms. The third-order valence-corrected chi connectivity index (χ3v) is 9.03. The summed E-state index contributed by atoms with van der Waals surface area (Å²) in [5.41, 5.74) is 2.71. The van der Waals surface area contributed by atoms with Crippen LogP contribution in [0.2, 0.25) is 0 Å². The van der Waals surface area contributed by atoms with Gasteiger partial charge in [-0.1, -0.05) is 48.5 Å². The third-order valence-electron chi connectivity index (χ3n) is 9.03. The number of anilines is 1. The maximum atomic E-state index is 14.0. The van der Waals surface area contributed by atoms with E-state index in [0.717, 1.165) is 49.9 Å². The lowest BCUT2D eigenvalue weighted by Crippen LogP contribution is -2.55. The number of fused-ring (bicyclic) bond motifs is 1. The Kier molecular flexibility index (Phi) is 8.08. The zero-order chi connectivity index (χ0) is 27.6. The molecule has 2 saturated heterocycles. The summed E-state index contributed by atoms with van der Waals surface area (Å²) in [6, 6.07) is 17.8. The second-order valence-corrected chi connectivity index (χ2v) is 11.9. The number of hydrogen-bond donors (Lipinski definition) is 1. The van der Waals surface area contributed by atoms with Crippen LogP contribution in [0.3, 0.4) is 0 Å². The van der Waals surface area contributed by atoms with Crippen molar-refractivity contribution in [3.05, 3.63) is 65.7 Å². The van der Waals surface area contributed by atoms with Crippen LogP contribution in [-0.2, 0) is 26.2 Å². The van der Waals surface area contributed by atoms with Gasteiger partial charge in [-0.3, -0.25) is 14.4 Å². The van der Waals surface area contributed by atoms with Gasteiger partial charge in [-0.15, -0.1) is 0 Å². The van der Waals surface area contributed by atoms with Crippen LogP contribution in [0.25, 0.3) is 0 Å². The van der Waals surface area contributed by atoms with Crippen molar-refractivity contribution < 1.29 is 14.4 Å². The van der Waals surface area contributed by atoms with Gasteiger partial charge in [-0.2, -0.15) is 0 Å². The van der Waals surface area contributed by atoms with Gasteiger partial charge >= 0.3 is 0 Å². The molecule has 0 aromatic heterocycles. The van der Waals surface area contributed by atoms with Crippen LogP contribution >= 0.6 is 0 Å². The van der Waals surface area contributed by atoms with Crippen molar-refractivity contribution >= 4 is 23.4 Å². The second kappa shape index (κ2) is 11.5. The topological polar surface area (TPSA) is 73.0 Å². The first-order valence-electron chi connectivity index (χ1n) is 14.5. The highest BCUT2D eigenvalue weighted by molar-refractivity contribution is 6.08. The second-order valence-electron chi connectivity index (χ2n) is 11.9. The molecule has 39 heavy (non-hydrogen) atoms. The summed E-state index contributed by atoms with van der Waals surface area (Å²) in [5, 5.41) is 3.33. The number of rotatable bonds is 7. The van der Waals surface area contributed by atoms with Crippen molar-refractivity contribution in [3.63, 3.8) is 0 Å². The van der Waals surface area contributed by atoms with E-state index in [2.05, 4.69) is 23.5 Å². The van der Waals surface area contributed by atoms with Crippen LogP contribution in [0, 0.1) is 5.92 Å². The highest BCUT2D eigenvalue weighted by Gasteiger charge is 2.47. The molecule has 2 fully saturated rings. The van der Waals surface area contributed by atoms with E-state index < -0.39 is 11.5 Å². The number of nitrogens with zero attached hydrogens (tertiary/aromatic N) is 3. The van der Waals surface area contributed by atoms with Crippen molar-refractivity contribution in [2.24, 2.45) is 5.92 Å². The Morgan fingerprint density at radius 3 is 2.41 bits per heavy atom. The minimum atomic E-state index is -0.539. The quantitative estimate of drug-likeness (QED) is 0.592. The molecule has 0 bridgehead atoms. The van der Waals surface area contributed by atoms with E-state index in [1.807, 2.05) is 60.0 Å². The first-order valence-corrected chi connectivity index (χ1v) is 14.5. The first kappa shape index (κ1) is 27.4. The molecule has 3 heterocycles. The lowest BCUT2D eigenvalue weighted by Gasteiger charge is -2.40. The smallest absolute Gasteiger partial charge is 0.245 e.